The largest absolute Gasteiger partial charge is 0.319 e. The third-order valence-corrected chi connectivity index (χ3v) is 2.40. The smallest absolute Gasteiger partial charge is 0.157 e. The van der Waals surface area contributed by atoms with Crippen molar-refractivity contribution in [3.05, 3.63) is 0 Å². The number of carbonyl (C=O) groups is 1. The molecule has 0 aliphatic rings. The zero-order valence-electron chi connectivity index (χ0n) is 8.90. The molecule has 0 aliphatic carbocycles. The lowest BCUT2D eigenvalue weighted by molar-refractivity contribution is -0.132. The van der Waals surface area contributed by atoms with Gasteiger partial charge in [0.1, 0.15) is 0 Å². The standard InChI is InChI=1S/C10H21NO/c1-6-10(11,7-2)8(12)9(3,4)5/h6-7,11H2,1-5H3. The van der Waals surface area contributed by atoms with Gasteiger partial charge in [0.05, 0.1) is 5.54 Å². The Kier molecular flexibility index (Phi) is 3.45. The lowest BCUT2D eigenvalue weighted by Crippen LogP contribution is -2.51. The minimum Gasteiger partial charge on any atom is -0.319 e. The average molecular weight is 171 g/mol. The van der Waals surface area contributed by atoms with E-state index in [0.29, 0.717) is 0 Å². The predicted molar refractivity (Wildman–Crippen MR) is 52.0 cm³/mol. The predicted octanol–water partition coefficient (Wildman–Crippen LogP) is 2.12. The van der Waals surface area contributed by atoms with E-state index in [-0.39, 0.29) is 11.2 Å². The highest BCUT2D eigenvalue weighted by atomic mass is 16.1. The minimum absolute atomic E-state index is 0.167. The summed E-state index contributed by atoms with van der Waals surface area (Å²) in [6.45, 7) is 9.69. The van der Waals surface area contributed by atoms with Crippen molar-refractivity contribution in [2.75, 3.05) is 0 Å². The van der Waals surface area contributed by atoms with Crippen molar-refractivity contribution in [1.29, 1.82) is 0 Å². The van der Waals surface area contributed by atoms with Crippen LogP contribution in [0.4, 0.5) is 0 Å². The zero-order chi connectivity index (χ0) is 9.99. The maximum Gasteiger partial charge on any atom is 0.157 e. The van der Waals surface area contributed by atoms with Crippen LogP contribution in [0.25, 0.3) is 0 Å². The molecular formula is C10H21NO. The summed E-state index contributed by atoms with van der Waals surface area (Å²) in [7, 11) is 0. The van der Waals surface area contributed by atoms with E-state index in [1.54, 1.807) is 0 Å². The summed E-state index contributed by atoms with van der Waals surface area (Å²) in [5.74, 6) is 0.167. The van der Waals surface area contributed by atoms with Crippen molar-refractivity contribution in [3.63, 3.8) is 0 Å². The van der Waals surface area contributed by atoms with Gasteiger partial charge >= 0.3 is 0 Å². The molecule has 2 nitrogen and oxygen atoms in total. The van der Waals surface area contributed by atoms with Crippen molar-refractivity contribution in [2.45, 2.75) is 53.0 Å². The molecule has 0 unspecified atom stereocenters. The summed E-state index contributed by atoms with van der Waals surface area (Å²) < 4.78 is 0. The monoisotopic (exact) mass is 171 g/mol. The summed E-state index contributed by atoms with van der Waals surface area (Å²) in [5.41, 5.74) is 5.05. The van der Waals surface area contributed by atoms with Crippen LogP contribution in [-0.2, 0) is 4.79 Å². The van der Waals surface area contributed by atoms with Crippen LogP contribution in [0.1, 0.15) is 47.5 Å². The molecule has 0 atom stereocenters. The van der Waals surface area contributed by atoms with Crippen LogP contribution in [0.2, 0.25) is 0 Å². The SMILES string of the molecule is CCC(N)(CC)C(=O)C(C)(C)C. The zero-order valence-corrected chi connectivity index (χ0v) is 8.90. The van der Waals surface area contributed by atoms with Gasteiger partial charge in [0.15, 0.2) is 5.78 Å². The van der Waals surface area contributed by atoms with Crippen molar-refractivity contribution in [1.82, 2.24) is 0 Å². The van der Waals surface area contributed by atoms with E-state index in [9.17, 15) is 4.79 Å². The van der Waals surface area contributed by atoms with Crippen LogP contribution in [0.15, 0.2) is 0 Å². The Hall–Kier alpha value is -0.370. The molecule has 0 radical (unpaired) electrons. The second kappa shape index (κ2) is 3.56. The molecule has 0 bridgehead atoms. The molecule has 0 saturated carbocycles. The van der Waals surface area contributed by atoms with Crippen molar-refractivity contribution < 1.29 is 4.79 Å². The lowest BCUT2D eigenvalue weighted by Gasteiger charge is -2.32. The maximum absolute atomic E-state index is 11.8. The average Bonchev–Trinajstić information content (AvgIpc) is 2.00. The van der Waals surface area contributed by atoms with Crippen LogP contribution in [0, 0.1) is 5.41 Å². The first-order chi connectivity index (χ1) is 5.28. The lowest BCUT2D eigenvalue weighted by atomic mass is 9.76. The quantitative estimate of drug-likeness (QED) is 0.706. The number of rotatable bonds is 3. The molecule has 0 heterocycles. The fraction of sp³-hybridized carbons (Fsp3) is 0.900. The van der Waals surface area contributed by atoms with Gasteiger partial charge < -0.3 is 5.73 Å². The van der Waals surface area contributed by atoms with Gasteiger partial charge in [-0.3, -0.25) is 4.79 Å². The first-order valence-electron chi connectivity index (χ1n) is 4.61. The van der Waals surface area contributed by atoms with Crippen LogP contribution < -0.4 is 5.73 Å². The molecule has 0 aromatic rings. The molecule has 0 aromatic carbocycles. The fourth-order valence-electron chi connectivity index (χ4n) is 1.32. The molecule has 72 valence electrons. The Bertz CT molecular complexity index is 163. The maximum atomic E-state index is 11.8. The molecule has 0 spiro atoms. The molecule has 0 aliphatic heterocycles. The van der Waals surface area contributed by atoms with Crippen molar-refractivity contribution in [3.8, 4) is 0 Å². The Morgan fingerprint density at radius 1 is 1.17 bits per heavy atom. The number of Topliss-reactive ketones (excluding diaryl/α,β-unsaturated/α-hetero) is 1. The Morgan fingerprint density at radius 2 is 1.50 bits per heavy atom. The third kappa shape index (κ3) is 2.31. The molecule has 2 N–H and O–H groups in total. The van der Waals surface area contributed by atoms with Gasteiger partial charge in [-0.05, 0) is 12.8 Å². The van der Waals surface area contributed by atoms with E-state index in [4.69, 9.17) is 5.73 Å². The topological polar surface area (TPSA) is 43.1 Å². The number of hydrogen-bond donors (Lipinski definition) is 1. The second-order valence-corrected chi connectivity index (χ2v) is 4.44. The van der Waals surface area contributed by atoms with E-state index in [2.05, 4.69) is 0 Å². The van der Waals surface area contributed by atoms with Gasteiger partial charge in [0.25, 0.3) is 0 Å². The van der Waals surface area contributed by atoms with Gasteiger partial charge in [-0.25, -0.2) is 0 Å². The highest BCUT2D eigenvalue weighted by Crippen LogP contribution is 2.25. The van der Waals surface area contributed by atoms with Gasteiger partial charge in [0, 0.05) is 5.41 Å². The summed E-state index contributed by atoms with van der Waals surface area (Å²) >= 11 is 0. The molecule has 0 rings (SSSR count). The van der Waals surface area contributed by atoms with Gasteiger partial charge in [-0.15, -0.1) is 0 Å². The summed E-state index contributed by atoms with van der Waals surface area (Å²) in [6.07, 6.45) is 1.44. The van der Waals surface area contributed by atoms with Crippen molar-refractivity contribution in [2.24, 2.45) is 11.1 Å². The summed E-state index contributed by atoms with van der Waals surface area (Å²) in [4.78, 5) is 11.8. The number of carbonyl (C=O) groups excluding carboxylic acids is 1. The molecular weight excluding hydrogens is 150 g/mol. The Labute approximate surface area is 75.5 Å². The summed E-state index contributed by atoms with van der Waals surface area (Å²) in [6, 6.07) is 0. The van der Waals surface area contributed by atoms with Gasteiger partial charge in [-0.2, -0.15) is 0 Å². The van der Waals surface area contributed by atoms with E-state index >= 15 is 0 Å². The first-order valence-corrected chi connectivity index (χ1v) is 4.61. The number of hydrogen-bond acceptors (Lipinski definition) is 2. The fourth-order valence-corrected chi connectivity index (χ4v) is 1.32. The van der Waals surface area contributed by atoms with E-state index in [1.165, 1.54) is 0 Å². The van der Waals surface area contributed by atoms with Crippen LogP contribution in [0.3, 0.4) is 0 Å². The van der Waals surface area contributed by atoms with Gasteiger partial charge in [-0.1, -0.05) is 34.6 Å². The van der Waals surface area contributed by atoms with Crippen LogP contribution in [-0.4, -0.2) is 11.3 Å². The Balaban J connectivity index is 4.66. The first kappa shape index (κ1) is 11.6. The summed E-state index contributed by atoms with van der Waals surface area (Å²) in [5, 5.41) is 0. The highest BCUT2D eigenvalue weighted by Gasteiger charge is 2.37. The van der Waals surface area contributed by atoms with E-state index in [1.807, 2.05) is 34.6 Å². The molecule has 2 heteroatoms. The van der Waals surface area contributed by atoms with E-state index < -0.39 is 5.54 Å². The van der Waals surface area contributed by atoms with Crippen LogP contribution >= 0.6 is 0 Å². The molecule has 0 fully saturated rings. The number of ketones is 1. The van der Waals surface area contributed by atoms with Crippen LogP contribution in [0.5, 0.6) is 0 Å². The molecule has 12 heavy (non-hydrogen) atoms. The Morgan fingerprint density at radius 3 is 1.58 bits per heavy atom. The third-order valence-electron chi connectivity index (χ3n) is 2.40. The molecule has 0 saturated heterocycles. The highest BCUT2D eigenvalue weighted by molar-refractivity contribution is 5.92. The second-order valence-electron chi connectivity index (χ2n) is 4.44. The minimum atomic E-state index is -0.613. The van der Waals surface area contributed by atoms with Gasteiger partial charge in [0.2, 0.25) is 0 Å². The normalized spacial score (nSPS) is 13.2. The van der Waals surface area contributed by atoms with Crippen molar-refractivity contribution >= 4 is 5.78 Å². The molecule has 0 amide bonds. The number of nitrogens with two attached hydrogens (primary N) is 1. The van der Waals surface area contributed by atoms with E-state index in [0.717, 1.165) is 12.8 Å². The molecule has 0 aromatic heterocycles.